The number of carbonyl (C=O) groups excluding carboxylic acids is 2. The summed E-state index contributed by atoms with van der Waals surface area (Å²) in [5.74, 6) is 1.13. The smallest absolute Gasteiger partial charge is 0.254 e. The fourth-order valence-corrected chi connectivity index (χ4v) is 5.87. The summed E-state index contributed by atoms with van der Waals surface area (Å²) in [5, 5.41) is 2.78. The third-order valence-corrected chi connectivity index (χ3v) is 8.54. The maximum Gasteiger partial charge on any atom is 0.254 e. The van der Waals surface area contributed by atoms with Gasteiger partial charge in [0.2, 0.25) is 5.91 Å². The maximum absolute atomic E-state index is 13.7. The molecule has 5 nitrogen and oxygen atoms in total. The molecule has 1 aliphatic carbocycles. The van der Waals surface area contributed by atoms with Gasteiger partial charge in [-0.15, -0.1) is 11.3 Å². The lowest BCUT2D eigenvalue weighted by Gasteiger charge is -2.37. The summed E-state index contributed by atoms with van der Waals surface area (Å²) >= 11 is 7.90. The summed E-state index contributed by atoms with van der Waals surface area (Å²) < 4.78 is 6.17. The van der Waals surface area contributed by atoms with Crippen LogP contribution < -0.4 is 4.74 Å². The van der Waals surface area contributed by atoms with Gasteiger partial charge in [0.15, 0.2) is 0 Å². The molecule has 0 bridgehead atoms. The van der Waals surface area contributed by atoms with E-state index in [9.17, 15) is 9.59 Å². The van der Waals surface area contributed by atoms with Gasteiger partial charge in [0.25, 0.3) is 5.91 Å². The number of carbonyl (C=O) groups is 2. The number of hydrogen-bond acceptors (Lipinski definition) is 4. The number of aryl methyl sites for hydroxylation is 2. The van der Waals surface area contributed by atoms with E-state index in [2.05, 4.69) is 11.4 Å². The Balaban J connectivity index is 1.35. The van der Waals surface area contributed by atoms with Crippen molar-refractivity contribution in [2.45, 2.75) is 39.2 Å². The zero-order chi connectivity index (χ0) is 25.2. The van der Waals surface area contributed by atoms with E-state index in [1.807, 2.05) is 61.2 Å². The third-order valence-electron chi connectivity index (χ3n) is 7.12. The van der Waals surface area contributed by atoms with Gasteiger partial charge in [-0.05, 0) is 91.4 Å². The lowest BCUT2D eigenvalue weighted by atomic mass is 10.00. The summed E-state index contributed by atoms with van der Waals surface area (Å²) in [7, 11) is 0. The predicted molar refractivity (Wildman–Crippen MR) is 144 cm³/mol. The van der Waals surface area contributed by atoms with E-state index in [0.717, 1.165) is 41.7 Å². The fourth-order valence-electron chi connectivity index (χ4n) is 4.83. The molecule has 0 saturated heterocycles. The molecule has 3 aromatic rings. The van der Waals surface area contributed by atoms with Gasteiger partial charge in [-0.3, -0.25) is 9.59 Å². The average Bonchev–Trinajstić information content (AvgIpc) is 3.56. The van der Waals surface area contributed by atoms with Gasteiger partial charge in [0.1, 0.15) is 18.9 Å². The van der Waals surface area contributed by atoms with Crippen LogP contribution >= 0.6 is 22.9 Å². The number of ether oxygens (including phenoxy) is 1. The molecule has 188 valence electrons. The largest absolute Gasteiger partial charge is 0.491 e. The van der Waals surface area contributed by atoms with Gasteiger partial charge in [-0.2, -0.15) is 0 Å². The van der Waals surface area contributed by atoms with E-state index in [1.165, 1.54) is 4.88 Å². The van der Waals surface area contributed by atoms with Gasteiger partial charge in [0.05, 0.1) is 6.04 Å². The number of fused-ring (bicyclic) bond motifs is 1. The van der Waals surface area contributed by atoms with E-state index in [4.69, 9.17) is 16.3 Å². The van der Waals surface area contributed by atoms with Gasteiger partial charge in [-0.25, -0.2) is 0 Å². The first kappa shape index (κ1) is 24.8. The van der Waals surface area contributed by atoms with Crippen molar-refractivity contribution in [3.8, 4) is 5.75 Å². The highest BCUT2D eigenvalue weighted by atomic mass is 35.5. The summed E-state index contributed by atoms with van der Waals surface area (Å²) in [6, 6.07) is 15.1. The highest BCUT2D eigenvalue weighted by Gasteiger charge is 2.35. The van der Waals surface area contributed by atoms with Crippen LogP contribution in [0.25, 0.3) is 0 Å². The summed E-state index contributed by atoms with van der Waals surface area (Å²) in [6.45, 7) is 5.57. The lowest BCUT2D eigenvalue weighted by Crippen LogP contribution is -2.48. The molecule has 2 heterocycles. The molecule has 0 spiro atoms. The molecule has 0 unspecified atom stereocenters. The number of thiophene rings is 1. The Morgan fingerprint density at radius 3 is 2.67 bits per heavy atom. The van der Waals surface area contributed by atoms with Crippen LogP contribution in [0.1, 0.15) is 50.8 Å². The number of hydrogen-bond donors (Lipinski definition) is 0. The monoisotopic (exact) mass is 522 g/mol. The normalized spacial score (nSPS) is 17.0. The standard InChI is InChI=1S/C29H31ClN2O3S/c1-19-5-3-4-6-23(19)29(34)31(16-21-7-8-21)17-28(33)32-13-11-27-24(12-14-36-27)26(32)18-35-22-9-10-25(30)20(2)15-22/h3-6,9-10,12,14-15,21,26H,7-8,11,13,16-18H2,1-2H3/t26-/m0/s1. The van der Waals surface area contributed by atoms with Crippen LogP contribution in [0, 0.1) is 19.8 Å². The highest BCUT2D eigenvalue weighted by molar-refractivity contribution is 7.10. The Bertz CT molecular complexity index is 1270. The molecule has 0 N–H and O–H groups in total. The maximum atomic E-state index is 13.7. The number of nitrogens with zero attached hydrogens (tertiary/aromatic N) is 2. The fraction of sp³-hybridized carbons (Fsp3) is 0.379. The van der Waals surface area contributed by atoms with E-state index in [0.29, 0.717) is 36.2 Å². The van der Waals surface area contributed by atoms with E-state index >= 15 is 0 Å². The van der Waals surface area contributed by atoms with E-state index in [-0.39, 0.29) is 24.4 Å². The van der Waals surface area contributed by atoms with Crippen molar-refractivity contribution in [2.24, 2.45) is 5.92 Å². The zero-order valence-electron chi connectivity index (χ0n) is 20.7. The first-order chi connectivity index (χ1) is 17.4. The number of amides is 2. The Hall–Kier alpha value is -2.83. The number of benzene rings is 2. The molecule has 2 aliphatic rings. The minimum atomic E-state index is -0.195. The van der Waals surface area contributed by atoms with Crippen molar-refractivity contribution in [1.82, 2.24) is 9.80 Å². The van der Waals surface area contributed by atoms with Crippen molar-refractivity contribution in [2.75, 3.05) is 26.2 Å². The molecule has 2 amide bonds. The molecule has 0 radical (unpaired) electrons. The molecule has 1 aromatic heterocycles. The Labute approximate surface area is 221 Å². The number of halogens is 1. The second-order valence-electron chi connectivity index (χ2n) is 9.82. The average molecular weight is 523 g/mol. The Morgan fingerprint density at radius 2 is 1.92 bits per heavy atom. The van der Waals surface area contributed by atoms with Crippen LogP contribution in [0.2, 0.25) is 5.02 Å². The van der Waals surface area contributed by atoms with Gasteiger partial charge >= 0.3 is 0 Å². The summed E-state index contributed by atoms with van der Waals surface area (Å²) in [5.41, 5.74) is 3.69. The van der Waals surface area contributed by atoms with E-state index in [1.54, 1.807) is 16.2 Å². The van der Waals surface area contributed by atoms with Crippen molar-refractivity contribution < 1.29 is 14.3 Å². The summed E-state index contributed by atoms with van der Waals surface area (Å²) in [4.78, 5) is 32.2. The second kappa shape index (κ2) is 10.7. The minimum absolute atomic E-state index is 0.0321. The molecule has 1 fully saturated rings. The quantitative estimate of drug-likeness (QED) is 0.360. The first-order valence-corrected chi connectivity index (χ1v) is 13.8. The molecule has 7 heteroatoms. The topological polar surface area (TPSA) is 49.9 Å². The zero-order valence-corrected chi connectivity index (χ0v) is 22.3. The molecule has 1 aliphatic heterocycles. The minimum Gasteiger partial charge on any atom is -0.491 e. The van der Waals surface area contributed by atoms with Crippen molar-refractivity contribution >= 4 is 34.8 Å². The Kier molecular flexibility index (Phi) is 7.35. The Morgan fingerprint density at radius 1 is 1.11 bits per heavy atom. The second-order valence-corrected chi connectivity index (χ2v) is 11.2. The van der Waals surface area contributed by atoms with Crippen molar-refractivity contribution in [1.29, 1.82) is 0 Å². The third kappa shape index (κ3) is 5.45. The van der Waals surface area contributed by atoms with Gasteiger partial charge in [0, 0.05) is 28.6 Å². The van der Waals surface area contributed by atoms with Gasteiger partial charge in [-0.1, -0.05) is 29.8 Å². The lowest BCUT2D eigenvalue weighted by molar-refractivity contribution is -0.135. The molecular weight excluding hydrogens is 492 g/mol. The number of rotatable bonds is 8. The first-order valence-electron chi connectivity index (χ1n) is 12.5. The van der Waals surface area contributed by atoms with Gasteiger partial charge < -0.3 is 14.5 Å². The SMILES string of the molecule is Cc1cc(OC[C@H]2c3ccsc3CCN2C(=O)CN(CC2CC2)C(=O)c2ccccc2C)ccc1Cl. The van der Waals surface area contributed by atoms with Crippen LogP contribution in [0.4, 0.5) is 0 Å². The van der Waals surface area contributed by atoms with Crippen molar-refractivity contribution in [3.63, 3.8) is 0 Å². The molecule has 36 heavy (non-hydrogen) atoms. The van der Waals surface area contributed by atoms with E-state index < -0.39 is 0 Å². The molecule has 1 atom stereocenters. The highest BCUT2D eigenvalue weighted by Crippen LogP contribution is 2.35. The van der Waals surface area contributed by atoms with Crippen molar-refractivity contribution in [3.05, 3.63) is 86.1 Å². The summed E-state index contributed by atoms with van der Waals surface area (Å²) in [6.07, 6.45) is 3.05. The van der Waals surface area contributed by atoms with Crippen LogP contribution in [0.15, 0.2) is 53.9 Å². The molecule has 1 saturated carbocycles. The van der Waals surface area contributed by atoms with Crippen LogP contribution in [-0.2, 0) is 11.2 Å². The van der Waals surface area contributed by atoms with Crippen LogP contribution in [0.3, 0.4) is 0 Å². The molecular formula is C29H31ClN2O3S. The van der Waals surface area contributed by atoms with Crippen LogP contribution in [0.5, 0.6) is 5.75 Å². The molecule has 5 rings (SSSR count). The van der Waals surface area contributed by atoms with Crippen LogP contribution in [-0.4, -0.2) is 47.9 Å². The predicted octanol–water partition coefficient (Wildman–Crippen LogP) is 6.08. The molecule has 2 aromatic carbocycles.